The zero-order valence-electron chi connectivity index (χ0n) is 15.3. The summed E-state index contributed by atoms with van der Waals surface area (Å²) in [6, 6.07) is 4.44. The van der Waals surface area contributed by atoms with Crippen molar-refractivity contribution in [3.05, 3.63) is 46.5 Å². The van der Waals surface area contributed by atoms with Crippen LogP contribution in [0.15, 0.2) is 23.5 Å². The largest absolute Gasteiger partial charge is 0.355 e. The van der Waals surface area contributed by atoms with Crippen molar-refractivity contribution < 1.29 is 0 Å². The van der Waals surface area contributed by atoms with Gasteiger partial charge in [-0.3, -0.25) is 4.99 Å². The summed E-state index contributed by atoms with van der Waals surface area (Å²) in [4.78, 5) is 4.30. The van der Waals surface area contributed by atoms with E-state index in [0.717, 1.165) is 37.8 Å². The lowest BCUT2D eigenvalue weighted by molar-refractivity contribution is 0.632. The first-order valence-electron chi connectivity index (χ1n) is 8.43. The number of aliphatic imine (C=N–C) groups is 1. The molecule has 0 aliphatic heterocycles. The van der Waals surface area contributed by atoms with E-state index >= 15 is 0 Å². The molecule has 0 saturated carbocycles. The predicted molar refractivity (Wildman–Crippen MR) is 98.3 cm³/mol. The van der Waals surface area contributed by atoms with Gasteiger partial charge < -0.3 is 15.2 Å². The van der Waals surface area contributed by atoms with Crippen molar-refractivity contribution in [2.24, 2.45) is 4.99 Å². The molecule has 6 heteroatoms. The highest BCUT2D eigenvalue weighted by Crippen LogP contribution is 2.15. The Bertz CT molecular complexity index is 678. The molecule has 6 nitrogen and oxygen atoms in total. The number of guanidine groups is 1. The quantitative estimate of drug-likeness (QED) is 0.630. The first-order valence-corrected chi connectivity index (χ1v) is 8.43. The maximum Gasteiger partial charge on any atom is 0.191 e. The monoisotopic (exact) mass is 328 g/mol. The van der Waals surface area contributed by atoms with Gasteiger partial charge in [-0.2, -0.15) is 0 Å². The number of hydrogen-bond acceptors (Lipinski definition) is 3. The van der Waals surface area contributed by atoms with Crippen molar-refractivity contribution in [3.8, 4) is 0 Å². The van der Waals surface area contributed by atoms with Gasteiger partial charge in [-0.1, -0.05) is 24.6 Å². The molecule has 1 aromatic carbocycles. The molecule has 0 amide bonds. The van der Waals surface area contributed by atoms with Crippen LogP contribution in [0, 0.1) is 20.8 Å². The fourth-order valence-electron chi connectivity index (χ4n) is 2.92. The molecule has 2 aromatic rings. The lowest BCUT2D eigenvalue weighted by atomic mass is 10.00. The number of rotatable bonds is 6. The molecule has 0 fully saturated rings. The third-order valence-electron chi connectivity index (χ3n) is 4.15. The molecule has 0 aliphatic carbocycles. The molecule has 24 heavy (non-hydrogen) atoms. The van der Waals surface area contributed by atoms with E-state index in [1.165, 1.54) is 22.3 Å². The molecule has 2 rings (SSSR count). The molecular weight excluding hydrogens is 300 g/mol. The topological polar surface area (TPSA) is 67.1 Å². The van der Waals surface area contributed by atoms with E-state index in [1.807, 2.05) is 0 Å². The number of aromatic nitrogens is 3. The summed E-state index contributed by atoms with van der Waals surface area (Å²) in [5.74, 6) is 1.81. The van der Waals surface area contributed by atoms with Crippen LogP contribution in [0.1, 0.15) is 35.0 Å². The summed E-state index contributed by atoms with van der Waals surface area (Å²) in [7, 11) is 1.79. The average Bonchev–Trinajstić information content (AvgIpc) is 2.99. The van der Waals surface area contributed by atoms with Gasteiger partial charge in [-0.25, -0.2) is 0 Å². The van der Waals surface area contributed by atoms with Gasteiger partial charge in [-0.05, 0) is 37.5 Å². The van der Waals surface area contributed by atoms with Crippen LogP contribution < -0.4 is 10.6 Å². The van der Waals surface area contributed by atoms with Gasteiger partial charge in [0, 0.05) is 33.1 Å². The summed E-state index contributed by atoms with van der Waals surface area (Å²) in [6.45, 7) is 10.9. The minimum Gasteiger partial charge on any atom is -0.355 e. The molecule has 1 heterocycles. The molecule has 0 spiro atoms. The highest BCUT2D eigenvalue weighted by Gasteiger charge is 2.06. The molecule has 1 aromatic heterocycles. The van der Waals surface area contributed by atoms with Crippen molar-refractivity contribution >= 4 is 5.96 Å². The predicted octanol–water partition coefficient (Wildman–Crippen LogP) is 2.13. The number of benzene rings is 1. The Balaban J connectivity index is 1.87. The maximum absolute atomic E-state index is 4.30. The summed E-state index contributed by atoms with van der Waals surface area (Å²) in [6.07, 6.45) is 2.66. The molecule has 2 N–H and O–H groups in total. The Morgan fingerprint density at radius 1 is 1.17 bits per heavy atom. The number of hydrogen-bond donors (Lipinski definition) is 2. The van der Waals surface area contributed by atoms with Crippen molar-refractivity contribution in [2.75, 3.05) is 13.6 Å². The summed E-state index contributed by atoms with van der Waals surface area (Å²) < 4.78 is 2.06. The van der Waals surface area contributed by atoms with Crippen LogP contribution in [-0.4, -0.2) is 34.3 Å². The van der Waals surface area contributed by atoms with E-state index in [0.29, 0.717) is 0 Å². The van der Waals surface area contributed by atoms with E-state index < -0.39 is 0 Å². The van der Waals surface area contributed by atoms with E-state index in [-0.39, 0.29) is 0 Å². The van der Waals surface area contributed by atoms with Crippen molar-refractivity contribution in [3.63, 3.8) is 0 Å². The highest BCUT2D eigenvalue weighted by molar-refractivity contribution is 5.79. The van der Waals surface area contributed by atoms with E-state index in [9.17, 15) is 0 Å². The fraction of sp³-hybridized carbons (Fsp3) is 0.500. The minimum absolute atomic E-state index is 0.768. The van der Waals surface area contributed by atoms with Crippen LogP contribution in [0.2, 0.25) is 0 Å². The first kappa shape index (κ1) is 18.0. The van der Waals surface area contributed by atoms with Crippen LogP contribution in [0.4, 0.5) is 0 Å². The second-order valence-corrected chi connectivity index (χ2v) is 6.02. The second kappa shape index (κ2) is 8.47. The lowest BCUT2D eigenvalue weighted by Crippen LogP contribution is -2.38. The van der Waals surface area contributed by atoms with Crippen LogP contribution >= 0.6 is 0 Å². The van der Waals surface area contributed by atoms with Crippen molar-refractivity contribution in [1.29, 1.82) is 0 Å². The lowest BCUT2D eigenvalue weighted by Gasteiger charge is -2.16. The van der Waals surface area contributed by atoms with Gasteiger partial charge in [0.15, 0.2) is 5.96 Å². The Kier molecular flexibility index (Phi) is 6.35. The molecule has 0 saturated heterocycles. The van der Waals surface area contributed by atoms with Gasteiger partial charge in [0.2, 0.25) is 0 Å². The maximum atomic E-state index is 4.30. The Morgan fingerprint density at radius 3 is 2.50 bits per heavy atom. The van der Waals surface area contributed by atoms with E-state index in [2.05, 4.69) is 70.2 Å². The molecule has 0 unspecified atom stereocenters. The second-order valence-electron chi connectivity index (χ2n) is 6.02. The fourth-order valence-corrected chi connectivity index (χ4v) is 2.92. The molecule has 0 bridgehead atoms. The first-order chi connectivity index (χ1) is 11.5. The van der Waals surface area contributed by atoms with Gasteiger partial charge in [0.25, 0.3) is 0 Å². The normalized spacial score (nSPS) is 11.6. The molecule has 0 radical (unpaired) electrons. The average molecular weight is 328 g/mol. The Morgan fingerprint density at radius 2 is 1.88 bits per heavy atom. The molecular formula is C18H28N6. The van der Waals surface area contributed by atoms with Gasteiger partial charge in [0.1, 0.15) is 12.2 Å². The minimum atomic E-state index is 0.768. The Hall–Kier alpha value is -2.37. The van der Waals surface area contributed by atoms with Crippen molar-refractivity contribution in [1.82, 2.24) is 25.4 Å². The third kappa shape index (κ3) is 4.57. The summed E-state index contributed by atoms with van der Waals surface area (Å²) in [5.41, 5.74) is 5.26. The molecule has 0 aliphatic rings. The van der Waals surface area contributed by atoms with Gasteiger partial charge in [-0.15, -0.1) is 10.2 Å². The number of nitrogens with one attached hydrogen (secondary N) is 2. The number of aryl methyl sites for hydroxylation is 4. The molecule has 0 atom stereocenters. The molecule has 130 valence electrons. The summed E-state index contributed by atoms with van der Waals surface area (Å²) >= 11 is 0. The van der Waals surface area contributed by atoms with E-state index in [1.54, 1.807) is 13.4 Å². The smallest absolute Gasteiger partial charge is 0.191 e. The Labute approximate surface area is 144 Å². The van der Waals surface area contributed by atoms with Crippen LogP contribution in [0.3, 0.4) is 0 Å². The van der Waals surface area contributed by atoms with Crippen LogP contribution in [0.5, 0.6) is 0 Å². The highest BCUT2D eigenvalue weighted by atomic mass is 15.3. The van der Waals surface area contributed by atoms with Crippen LogP contribution in [0.25, 0.3) is 0 Å². The number of nitrogens with zero attached hydrogens (tertiary/aromatic N) is 4. The standard InChI is InChI=1S/C18H28N6/c1-6-17-23-22-12-24(17)8-7-20-18(19-5)21-11-16-14(3)9-13(2)10-15(16)4/h9-10,12H,6-8,11H2,1-5H3,(H2,19,20,21). The zero-order valence-corrected chi connectivity index (χ0v) is 15.3. The zero-order chi connectivity index (χ0) is 17.5. The van der Waals surface area contributed by atoms with Gasteiger partial charge >= 0.3 is 0 Å². The summed E-state index contributed by atoms with van der Waals surface area (Å²) in [5, 5.41) is 14.8. The van der Waals surface area contributed by atoms with Crippen LogP contribution in [-0.2, 0) is 19.5 Å². The van der Waals surface area contributed by atoms with Crippen molar-refractivity contribution in [2.45, 2.75) is 47.2 Å². The SMILES string of the molecule is CCc1nncn1CCNC(=NC)NCc1c(C)cc(C)cc1C. The van der Waals surface area contributed by atoms with E-state index in [4.69, 9.17) is 0 Å². The van der Waals surface area contributed by atoms with Gasteiger partial charge in [0.05, 0.1) is 0 Å². The third-order valence-corrected chi connectivity index (χ3v) is 4.15.